The molecule has 19 heavy (non-hydrogen) atoms. The Bertz CT molecular complexity index is 762. The van der Waals surface area contributed by atoms with Crippen LogP contribution in [0.5, 0.6) is 0 Å². The van der Waals surface area contributed by atoms with E-state index in [0.717, 1.165) is 18.2 Å². The van der Waals surface area contributed by atoms with Crippen molar-refractivity contribution in [3.05, 3.63) is 35.4 Å². The highest BCUT2D eigenvalue weighted by Crippen LogP contribution is 2.16. The van der Waals surface area contributed by atoms with E-state index in [1.165, 1.54) is 0 Å². The number of hydrogen-bond donors (Lipinski definition) is 2. The highest BCUT2D eigenvalue weighted by atomic mass is 32.2. The molecule has 0 radical (unpaired) electrons. The minimum atomic E-state index is -3.96. The van der Waals surface area contributed by atoms with E-state index >= 15 is 0 Å². The van der Waals surface area contributed by atoms with Crippen molar-refractivity contribution in [3.63, 3.8) is 0 Å². The Hall–Kier alpha value is -2.47. The smallest absolute Gasteiger partial charge is 0.261 e. The number of hydrogen-bond acceptors (Lipinski definition) is 5. The molecule has 98 valence electrons. The number of H-pyrrole nitrogens is 1. The largest absolute Gasteiger partial charge is 0.264 e. The van der Waals surface area contributed by atoms with Gasteiger partial charge in [0.25, 0.3) is 16.0 Å². The van der Waals surface area contributed by atoms with Gasteiger partial charge in [0.2, 0.25) is 0 Å². The molecule has 1 aromatic heterocycles. The maximum absolute atomic E-state index is 13.1. The average molecular weight is 281 g/mol. The van der Waals surface area contributed by atoms with Gasteiger partial charge in [0, 0.05) is 0 Å². The predicted octanol–water partition coefficient (Wildman–Crippen LogP) is 0.925. The fourth-order valence-electron chi connectivity index (χ4n) is 1.32. The molecule has 0 aliphatic heterocycles. The number of halogens is 1. The first-order valence-corrected chi connectivity index (χ1v) is 6.52. The first-order valence-electron chi connectivity index (χ1n) is 5.04. The lowest BCUT2D eigenvalue weighted by Crippen LogP contribution is -2.14. The Labute approximate surface area is 108 Å². The summed E-state index contributed by atoms with van der Waals surface area (Å²) < 4.78 is 39.1. The molecule has 7 nitrogen and oxygen atoms in total. The first-order chi connectivity index (χ1) is 8.92. The molecule has 0 saturated heterocycles. The van der Waals surface area contributed by atoms with E-state index < -0.39 is 15.8 Å². The zero-order valence-electron chi connectivity index (χ0n) is 9.68. The maximum Gasteiger partial charge on any atom is 0.264 e. The Balaban J connectivity index is 2.37. The number of anilines is 1. The van der Waals surface area contributed by atoms with Gasteiger partial charge in [0.15, 0.2) is 0 Å². The molecule has 0 spiro atoms. The van der Waals surface area contributed by atoms with Crippen molar-refractivity contribution in [2.24, 2.45) is 0 Å². The van der Waals surface area contributed by atoms with Gasteiger partial charge < -0.3 is 0 Å². The lowest BCUT2D eigenvalue weighted by Gasteiger charge is -2.04. The average Bonchev–Trinajstić information content (AvgIpc) is 2.74. The monoisotopic (exact) mass is 281 g/mol. The van der Waals surface area contributed by atoms with Crippen molar-refractivity contribution >= 4 is 16.0 Å². The molecule has 0 amide bonds. The van der Waals surface area contributed by atoms with Crippen LogP contribution in [0.25, 0.3) is 0 Å². The van der Waals surface area contributed by atoms with Gasteiger partial charge in [-0.05, 0) is 25.1 Å². The molecule has 0 atom stereocenters. The van der Waals surface area contributed by atoms with Gasteiger partial charge in [-0.15, -0.1) is 5.10 Å². The van der Waals surface area contributed by atoms with Gasteiger partial charge in [-0.1, -0.05) is 0 Å². The zero-order chi connectivity index (χ0) is 14.0. The third-order valence-corrected chi connectivity index (χ3v) is 3.52. The van der Waals surface area contributed by atoms with Crippen molar-refractivity contribution in [1.82, 2.24) is 15.2 Å². The number of aryl methyl sites for hydroxylation is 1. The van der Waals surface area contributed by atoms with Gasteiger partial charge in [0.1, 0.15) is 17.7 Å². The van der Waals surface area contributed by atoms with Gasteiger partial charge in [0.05, 0.1) is 10.5 Å². The summed E-state index contributed by atoms with van der Waals surface area (Å²) in [5.41, 5.74) is -0.353. The third-order valence-electron chi connectivity index (χ3n) is 2.19. The fourth-order valence-corrected chi connectivity index (χ4v) is 2.29. The lowest BCUT2D eigenvalue weighted by atomic mass is 10.2. The van der Waals surface area contributed by atoms with Crippen molar-refractivity contribution in [2.75, 3.05) is 4.72 Å². The number of nitrogens with one attached hydrogen (secondary N) is 2. The van der Waals surface area contributed by atoms with Crippen LogP contribution in [0.1, 0.15) is 11.4 Å². The molecule has 2 rings (SSSR count). The Morgan fingerprint density at radius 3 is 2.79 bits per heavy atom. The first kappa shape index (κ1) is 13.0. The molecular weight excluding hydrogens is 273 g/mol. The van der Waals surface area contributed by atoms with Gasteiger partial charge in [-0.2, -0.15) is 10.2 Å². The molecule has 0 saturated carbocycles. The normalized spacial score (nSPS) is 11.0. The number of sulfonamides is 1. The molecule has 1 aromatic carbocycles. The Kier molecular flexibility index (Phi) is 3.18. The summed E-state index contributed by atoms with van der Waals surface area (Å²) in [6, 6.07) is 4.48. The summed E-state index contributed by atoms with van der Waals surface area (Å²) in [5, 5.41) is 14.8. The summed E-state index contributed by atoms with van der Waals surface area (Å²) in [5.74, 6) is -0.468. The van der Waals surface area contributed by atoms with Crippen LogP contribution >= 0.6 is 0 Å². The van der Waals surface area contributed by atoms with E-state index in [-0.39, 0.29) is 16.4 Å². The van der Waals surface area contributed by atoms with E-state index in [1.807, 2.05) is 0 Å². The second kappa shape index (κ2) is 4.66. The van der Waals surface area contributed by atoms with Crippen LogP contribution in [-0.4, -0.2) is 23.6 Å². The quantitative estimate of drug-likeness (QED) is 0.869. The van der Waals surface area contributed by atoms with Crippen molar-refractivity contribution < 1.29 is 12.8 Å². The van der Waals surface area contributed by atoms with Crippen LogP contribution in [0.2, 0.25) is 0 Å². The molecule has 0 aliphatic rings. The molecule has 0 fully saturated rings. The minimum Gasteiger partial charge on any atom is -0.261 e. The van der Waals surface area contributed by atoms with E-state index in [4.69, 9.17) is 5.26 Å². The number of nitriles is 1. The second-order valence-electron chi connectivity index (χ2n) is 3.60. The molecule has 0 unspecified atom stereocenters. The molecule has 9 heteroatoms. The summed E-state index contributed by atoms with van der Waals surface area (Å²) in [7, 11) is -3.96. The van der Waals surface area contributed by atoms with E-state index in [0.29, 0.717) is 5.82 Å². The molecule has 1 heterocycles. The van der Waals surface area contributed by atoms with E-state index in [9.17, 15) is 12.8 Å². The van der Waals surface area contributed by atoms with Crippen LogP contribution in [-0.2, 0) is 10.0 Å². The SMILES string of the molecule is Cc1nc(NS(=O)(=O)c2ccc(F)c(C#N)c2)n[nH]1. The molecule has 2 aromatic rings. The Morgan fingerprint density at radius 2 is 2.21 bits per heavy atom. The van der Waals surface area contributed by atoms with Gasteiger partial charge >= 0.3 is 0 Å². The minimum absolute atomic E-state index is 0.125. The zero-order valence-corrected chi connectivity index (χ0v) is 10.5. The van der Waals surface area contributed by atoms with Crippen LogP contribution in [0.4, 0.5) is 10.3 Å². The van der Waals surface area contributed by atoms with Crippen LogP contribution in [0.3, 0.4) is 0 Å². The lowest BCUT2D eigenvalue weighted by molar-refractivity contribution is 0.599. The van der Waals surface area contributed by atoms with Gasteiger partial charge in [-0.25, -0.2) is 17.5 Å². The molecule has 2 N–H and O–H groups in total. The highest BCUT2D eigenvalue weighted by Gasteiger charge is 2.18. The summed E-state index contributed by atoms with van der Waals surface area (Å²) in [4.78, 5) is 3.54. The number of aromatic amines is 1. The fraction of sp³-hybridized carbons (Fsp3) is 0.100. The maximum atomic E-state index is 13.1. The van der Waals surface area contributed by atoms with Crippen LogP contribution < -0.4 is 4.72 Å². The highest BCUT2D eigenvalue weighted by molar-refractivity contribution is 7.92. The second-order valence-corrected chi connectivity index (χ2v) is 5.29. The van der Waals surface area contributed by atoms with Crippen LogP contribution in [0, 0.1) is 24.1 Å². The topological polar surface area (TPSA) is 112 Å². The number of benzene rings is 1. The number of nitrogens with zero attached hydrogens (tertiary/aromatic N) is 3. The van der Waals surface area contributed by atoms with E-state index in [2.05, 4.69) is 19.9 Å². The number of aromatic nitrogens is 3. The number of rotatable bonds is 3. The summed E-state index contributed by atoms with van der Waals surface area (Å²) in [6.07, 6.45) is 0. The van der Waals surface area contributed by atoms with Gasteiger partial charge in [-0.3, -0.25) is 5.10 Å². The molecular formula is C10H8FN5O2S. The predicted molar refractivity (Wildman–Crippen MR) is 63.0 cm³/mol. The van der Waals surface area contributed by atoms with Crippen molar-refractivity contribution in [1.29, 1.82) is 5.26 Å². The summed E-state index contributed by atoms with van der Waals surface area (Å²) in [6.45, 7) is 1.61. The van der Waals surface area contributed by atoms with Crippen molar-refractivity contribution in [2.45, 2.75) is 11.8 Å². The van der Waals surface area contributed by atoms with Crippen molar-refractivity contribution in [3.8, 4) is 6.07 Å². The third kappa shape index (κ3) is 2.69. The molecule has 0 aliphatic carbocycles. The Morgan fingerprint density at radius 1 is 1.47 bits per heavy atom. The van der Waals surface area contributed by atoms with Crippen LogP contribution in [0.15, 0.2) is 23.1 Å². The van der Waals surface area contributed by atoms with E-state index in [1.54, 1.807) is 13.0 Å². The molecule has 0 bridgehead atoms. The standard InChI is InChI=1S/C10H8FN5O2S/c1-6-13-10(15-14-6)16-19(17,18)8-2-3-9(11)7(4-8)5-12/h2-4H,1H3,(H2,13,14,15,16). The summed E-state index contributed by atoms with van der Waals surface area (Å²) >= 11 is 0.